The standard InChI is InChI=1S/C10H14BrNO3/c1-15-9-5-6(11)4-7(10(9)14)8(12)2-3-13/h4-5,8,13-14H,2-3,12H2,1H3/t8-/m1/s1. The van der Waals surface area contributed by atoms with Crippen LogP contribution in [-0.2, 0) is 0 Å². The molecule has 0 fully saturated rings. The molecule has 0 aliphatic heterocycles. The van der Waals surface area contributed by atoms with Crippen LogP contribution >= 0.6 is 15.9 Å². The summed E-state index contributed by atoms with van der Waals surface area (Å²) in [4.78, 5) is 0. The molecule has 0 amide bonds. The summed E-state index contributed by atoms with van der Waals surface area (Å²) in [5.74, 6) is 0.398. The fourth-order valence-corrected chi connectivity index (χ4v) is 1.78. The third-order valence-electron chi connectivity index (χ3n) is 2.13. The number of ether oxygens (including phenoxy) is 1. The molecule has 0 spiro atoms. The Morgan fingerprint density at radius 1 is 1.53 bits per heavy atom. The van der Waals surface area contributed by atoms with Gasteiger partial charge < -0.3 is 20.7 Å². The van der Waals surface area contributed by atoms with E-state index in [2.05, 4.69) is 15.9 Å². The fraction of sp³-hybridized carbons (Fsp3) is 0.400. The van der Waals surface area contributed by atoms with Gasteiger partial charge in [0.05, 0.1) is 7.11 Å². The van der Waals surface area contributed by atoms with Crippen LogP contribution in [0.4, 0.5) is 0 Å². The number of hydrogen-bond donors (Lipinski definition) is 3. The number of benzene rings is 1. The van der Waals surface area contributed by atoms with Crippen molar-refractivity contribution in [1.82, 2.24) is 0 Å². The number of halogens is 1. The Kier molecular flexibility index (Phi) is 4.38. The lowest BCUT2D eigenvalue weighted by Crippen LogP contribution is -2.12. The summed E-state index contributed by atoms with van der Waals surface area (Å²) in [6.07, 6.45) is 0.396. The molecule has 1 aromatic carbocycles. The minimum absolute atomic E-state index is 0.0184. The molecule has 0 saturated carbocycles. The average Bonchev–Trinajstić information content (AvgIpc) is 2.21. The zero-order valence-corrected chi connectivity index (χ0v) is 9.99. The Labute approximate surface area is 96.8 Å². The first-order valence-corrected chi connectivity index (χ1v) is 5.32. The lowest BCUT2D eigenvalue weighted by molar-refractivity contribution is 0.275. The smallest absolute Gasteiger partial charge is 0.162 e. The molecule has 0 bridgehead atoms. The number of nitrogens with two attached hydrogens (primary N) is 1. The van der Waals surface area contributed by atoms with Crippen molar-refractivity contribution in [2.75, 3.05) is 13.7 Å². The second-order valence-corrected chi connectivity index (χ2v) is 4.08. The SMILES string of the molecule is COc1cc(Br)cc([C@H](N)CCO)c1O. The zero-order chi connectivity index (χ0) is 11.4. The maximum absolute atomic E-state index is 9.80. The van der Waals surface area contributed by atoms with E-state index in [9.17, 15) is 5.11 Å². The number of aliphatic hydroxyl groups excluding tert-OH is 1. The minimum atomic E-state index is -0.401. The van der Waals surface area contributed by atoms with Gasteiger partial charge in [-0.25, -0.2) is 0 Å². The van der Waals surface area contributed by atoms with Crippen LogP contribution in [0.15, 0.2) is 16.6 Å². The highest BCUT2D eigenvalue weighted by atomic mass is 79.9. The van der Waals surface area contributed by atoms with Gasteiger partial charge in [0.25, 0.3) is 0 Å². The minimum Gasteiger partial charge on any atom is -0.504 e. The van der Waals surface area contributed by atoms with Crippen LogP contribution in [0.5, 0.6) is 11.5 Å². The predicted molar refractivity (Wildman–Crippen MR) is 61.0 cm³/mol. The number of phenolic OH excluding ortho intramolecular Hbond substituents is 1. The van der Waals surface area contributed by atoms with Crippen LogP contribution in [0, 0.1) is 0 Å². The summed E-state index contributed by atoms with van der Waals surface area (Å²) < 4.78 is 5.77. The number of hydrogen-bond acceptors (Lipinski definition) is 4. The average molecular weight is 276 g/mol. The molecule has 0 radical (unpaired) electrons. The molecule has 4 nitrogen and oxygen atoms in total. The second-order valence-electron chi connectivity index (χ2n) is 3.16. The van der Waals surface area contributed by atoms with Crippen LogP contribution in [0.25, 0.3) is 0 Å². The molecule has 1 atom stereocenters. The van der Waals surface area contributed by atoms with Crippen molar-refractivity contribution < 1.29 is 14.9 Å². The molecule has 0 heterocycles. The van der Waals surface area contributed by atoms with E-state index in [1.807, 2.05) is 0 Å². The van der Waals surface area contributed by atoms with Crippen molar-refractivity contribution in [3.05, 3.63) is 22.2 Å². The summed E-state index contributed by atoms with van der Waals surface area (Å²) in [7, 11) is 1.48. The number of phenols is 1. The van der Waals surface area contributed by atoms with E-state index in [0.29, 0.717) is 17.7 Å². The molecule has 15 heavy (non-hydrogen) atoms. The van der Waals surface area contributed by atoms with Crippen molar-refractivity contribution in [3.8, 4) is 11.5 Å². The second kappa shape index (κ2) is 5.34. The van der Waals surface area contributed by atoms with Crippen molar-refractivity contribution in [1.29, 1.82) is 0 Å². The summed E-state index contributed by atoms with van der Waals surface area (Å²) >= 11 is 3.30. The topological polar surface area (TPSA) is 75.7 Å². The fourth-order valence-electron chi connectivity index (χ4n) is 1.33. The first-order valence-electron chi connectivity index (χ1n) is 4.53. The van der Waals surface area contributed by atoms with Gasteiger partial charge in [-0.2, -0.15) is 0 Å². The highest BCUT2D eigenvalue weighted by molar-refractivity contribution is 9.10. The quantitative estimate of drug-likeness (QED) is 0.779. The van der Waals surface area contributed by atoms with Crippen molar-refractivity contribution in [3.63, 3.8) is 0 Å². The highest BCUT2D eigenvalue weighted by Crippen LogP contribution is 2.36. The third-order valence-corrected chi connectivity index (χ3v) is 2.59. The predicted octanol–water partition coefficient (Wildman–Crippen LogP) is 1.55. The van der Waals surface area contributed by atoms with Gasteiger partial charge in [0, 0.05) is 22.7 Å². The Hall–Kier alpha value is -0.780. The Morgan fingerprint density at radius 3 is 2.73 bits per heavy atom. The van der Waals surface area contributed by atoms with Crippen molar-refractivity contribution in [2.45, 2.75) is 12.5 Å². The third kappa shape index (κ3) is 2.84. The molecule has 0 saturated heterocycles. The van der Waals surface area contributed by atoms with Crippen LogP contribution in [0.1, 0.15) is 18.0 Å². The molecule has 0 aliphatic carbocycles. The van der Waals surface area contributed by atoms with Gasteiger partial charge >= 0.3 is 0 Å². The lowest BCUT2D eigenvalue weighted by Gasteiger charge is -2.15. The number of rotatable bonds is 4. The van der Waals surface area contributed by atoms with Gasteiger partial charge in [0.2, 0.25) is 0 Å². The van der Waals surface area contributed by atoms with Crippen molar-refractivity contribution in [2.24, 2.45) is 5.73 Å². The molecule has 4 N–H and O–H groups in total. The van der Waals surface area contributed by atoms with Gasteiger partial charge in [-0.1, -0.05) is 15.9 Å². The first-order chi connectivity index (χ1) is 7.10. The van der Waals surface area contributed by atoms with E-state index in [-0.39, 0.29) is 12.4 Å². The molecule has 0 unspecified atom stereocenters. The zero-order valence-electron chi connectivity index (χ0n) is 8.40. The Morgan fingerprint density at radius 2 is 2.20 bits per heavy atom. The Balaban J connectivity index is 3.11. The maximum Gasteiger partial charge on any atom is 0.162 e. The maximum atomic E-state index is 9.80. The molecule has 0 aliphatic rings. The van der Waals surface area contributed by atoms with Gasteiger partial charge in [-0.05, 0) is 18.6 Å². The molecular formula is C10H14BrNO3. The summed E-state index contributed by atoms with van der Waals surface area (Å²) in [6, 6.07) is 2.98. The van der Waals surface area contributed by atoms with E-state index in [1.54, 1.807) is 12.1 Å². The summed E-state index contributed by atoms with van der Waals surface area (Å²) in [5.41, 5.74) is 6.37. The van der Waals surface area contributed by atoms with Crippen LogP contribution in [-0.4, -0.2) is 23.9 Å². The van der Waals surface area contributed by atoms with Crippen LogP contribution in [0.2, 0.25) is 0 Å². The van der Waals surface area contributed by atoms with E-state index in [1.165, 1.54) is 7.11 Å². The normalized spacial score (nSPS) is 12.5. The number of aromatic hydroxyl groups is 1. The molecule has 1 aromatic rings. The molecular weight excluding hydrogens is 262 g/mol. The van der Waals surface area contributed by atoms with Gasteiger partial charge in [-0.15, -0.1) is 0 Å². The molecule has 1 rings (SSSR count). The van der Waals surface area contributed by atoms with Crippen LogP contribution in [0.3, 0.4) is 0 Å². The van der Waals surface area contributed by atoms with Gasteiger partial charge in [0.15, 0.2) is 11.5 Å². The summed E-state index contributed by atoms with van der Waals surface area (Å²) in [6.45, 7) is -0.0184. The molecule has 0 aromatic heterocycles. The van der Waals surface area contributed by atoms with Gasteiger partial charge in [0.1, 0.15) is 0 Å². The monoisotopic (exact) mass is 275 g/mol. The number of aliphatic hydroxyl groups is 1. The first kappa shape index (κ1) is 12.3. The molecule has 84 valence electrons. The molecule has 5 heteroatoms. The van der Waals surface area contributed by atoms with Crippen LogP contribution < -0.4 is 10.5 Å². The lowest BCUT2D eigenvalue weighted by atomic mass is 10.0. The van der Waals surface area contributed by atoms with Gasteiger partial charge in [-0.3, -0.25) is 0 Å². The van der Waals surface area contributed by atoms with E-state index >= 15 is 0 Å². The summed E-state index contributed by atoms with van der Waals surface area (Å²) in [5, 5.41) is 18.6. The van der Waals surface area contributed by atoms with E-state index in [0.717, 1.165) is 4.47 Å². The Bertz CT molecular complexity index is 344. The number of methoxy groups -OCH3 is 1. The van der Waals surface area contributed by atoms with Crippen molar-refractivity contribution >= 4 is 15.9 Å². The largest absolute Gasteiger partial charge is 0.504 e. The highest BCUT2D eigenvalue weighted by Gasteiger charge is 2.15. The van der Waals surface area contributed by atoms with E-state index < -0.39 is 6.04 Å². The van der Waals surface area contributed by atoms with E-state index in [4.69, 9.17) is 15.6 Å².